The quantitative estimate of drug-likeness (QED) is 0.385. The van der Waals surface area contributed by atoms with E-state index in [1.165, 1.54) is 30.3 Å². The Labute approximate surface area is 205 Å². The van der Waals surface area contributed by atoms with Gasteiger partial charge in [-0.15, -0.1) is 11.3 Å². The van der Waals surface area contributed by atoms with E-state index in [1.807, 2.05) is 35.1 Å². The number of aromatic nitrogens is 2. The van der Waals surface area contributed by atoms with Gasteiger partial charge in [0, 0.05) is 5.02 Å². The lowest BCUT2D eigenvalue weighted by atomic mass is 10.2. The van der Waals surface area contributed by atoms with Gasteiger partial charge in [-0.05, 0) is 61.5 Å². The van der Waals surface area contributed by atoms with E-state index in [-0.39, 0.29) is 19.7 Å². The van der Waals surface area contributed by atoms with Gasteiger partial charge in [0.15, 0.2) is 0 Å². The van der Waals surface area contributed by atoms with Crippen molar-refractivity contribution in [2.45, 2.75) is 26.7 Å². The van der Waals surface area contributed by atoms with Gasteiger partial charge in [0.1, 0.15) is 8.42 Å². The average molecular weight is 536 g/mol. The zero-order chi connectivity index (χ0) is 24.5. The van der Waals surface area contributed by atoms with Crippen LogP contribution in [-0.4, -0.2) is 32.5 Å². The van der Waals surface area contributed by atoms with Crippen LogP contribution in [-0.2, 0) is 31.1 Å². The van der Waals surface area contributed by atoms with Crippen LogP contribution in [0.1, 0.15) is 11.4 Å². The first-order chi connectivity index (χ1) is 16.1. The Balaban J connectivity index is 1.53. The van der Waals surface area contributed by atoms with E-state index in [0.29, 0.717) is 27.7 Å². The van der Waals surface area contributed by atoms with E-state index in [4.69, 9.17) is 11.6 Å². The molecule has 0 bridgehead atoms. The Morgan fingerprint density at radius 1 is 0.971 bits per heavy atom. The number of amides is 1. The van der Waals surface area contributed by atoms with E-state index >= 15 is 0 Å². The molecule has 0 fully saturated rings. The molecule has 0 aliphatic rings. The molecule has 8 nitrogen and oxygen atoms in total. The van der Waals surface area contributed by atoms with Crippen LogP contribution in [0.4, 0.5) is 0 Å². The molecule has 4 aromatic rings. The highest BCUT2D eigenvalue weighted by atomic mass is 35.5. The lowest BCUT2D eigenvalue weighted by Crippen LogP contribution is -2.31. The molecule has 1 N–H and O–H groups in total. The second kappa shape index (κ2) is 9.34. The van der Waals surface area contributed by atoms with Crippen molar-refractivity contribution in [1.82, 2.24) is 14.5 Å². The predicted molar refractivity (Wildman–Crippen MR) is 129 cm³/mol. The Kier molecular flexibility index (Phi) is 6.63. The van der Waals surface area contributed by atoms with Crippen molar-refractivity contribution in [3.8, 4) is 5.69 Å². The maximum absolute atomic E-state index is 12.8. The normalized spacial score (nSPS) is 11.9. The second-order valence-corrected chi connectivity index (χ2v) is 12.9. The standard InChI is InChI=1S/C22H18ClN3O5S3/c1-15-13-18(26(24-15)17-5-3-2-4-6-17)14-20(27)25-34(30,31)22-12-11-21(32-22)33(28,29)19-9-7-16(23)8-10-19/h2-13H,14H2,1H3,(H,25,27). The van der Waals surface area contributed by atoms with Gasteiger partial charge in [0.25, 0.3) is 10.0 Å². The summed E-state index contributed by atoms with van der Waals surface area (Å²) in [5.74, 6) is -0.771. The molecule has 2 aromatic carbocycles. The van der Waals surface area contributed by atoms with Gasteiger partial charge in [-0.1, -0.05) is 29.8 Å². The molecule has 34 heavy (non-hydrogen) atoms. The number of nitrogens with one attached hydrogen (secondary N) is 1. The molecular formula is C22H18ClN3O5S3. The largest absolute Gasteiger partial charge is 0.274 e. The monoisotopic (exact) mass is 535 g/mol. The summed E-state index contributed by atoms with van der Waals surface area (Å²) in [5, 5.41) is 4.74. The SMILES string of the molecule is Cc1cc(CC(=O)NS(=O)(=O)c2ccc(S(=O)(=O)c3ccc(Cl)cc3)s2)n(-c2ccccc2)n1. The third-order valence-corrected chi connectivity index (χ3v) is 10.2. The predicted octanol–water partition coefficient (Wildman–Crippen LogP) is 3.78. The molecule has 176 valence electrons. The maximum atomic E-state index is 12.8. The molecule has 2 heterocycles. The van der Waals surface area contributed by atoms with Crippen LogP contribution in [0.25, 0.3) is 5.69 Å². The summed E-state index contributed by atoms with van der Waals surface area (Å²) >= 11 is 6.36. The highest BCUT2D eigenvalue weighted by molar-refractivity contribution is 7.95. The van der Waals surface area contributed by atoms with Crippen molar-refractivity contribution >= 4 is 48.7 Å². The molecule has 1 amide bonds. The Bertz CT molecular complexity index is 1560. The minimum atomic E-state index is -4.27. The number of hydrogen-bond acceptors (Lipinski definition) is 7. The summed E-state index contributed by atoms with van der Waals surface area (Å²) in [6.45, 7) is 1.77. The molecule has 12 heteroatoms. The number of nitrogens with zero attached hydrogens (tertiary/aromatic N) is 2. The molecule has 0 saturated carbocycles. The van der Waals surface area contributed by atoms with Crippen LogP contribution < -0.4 is 4.72 Å². The van der Waals surface area contributed by atoms with E-state index in [9.17, 15) is 21.6 Å². The minimum Gasteiger partial charge on any atom is -0.274 e. The number of aryl methyl sites for hydroxylation is 1. The molecule has 0 unspecified atom stereocenters. The van der Waals surface area contributed by atoms with Crippen molar-refractivity contribution in [1.29, 1.82) is 0 Å². The van der Waals surface area contributed by atoms with Crippen LogP contribution in [0, 0.1) is 6.92 Å². The van der Waals surface area contributed by atoms with Crippen LogP contribution in [0.3, 0.4) is 0 Å². The smallest absolute Gasteiger partial charge is 0.273 e. The maximum Gasteiger partial charge on any atom is 0.273 e. The van der Waals surface area contributed by atoms with E-state index in [2.05, 4.69) is 5.10 Å². The summed E-state index contributed by atoms with van der Waals surface area (Å²) in [6, 6.07) is 18.7. The zero-order valence-electron chi connectivity index (χ0n) is 17.7. The molecule has 0 radical (unpaired) electrons. The Hall–Kier alpha value is -2.99. The van der Waals surface area contributed by atoms with Crippen molar-refractivity contribution in [2.75, 3.05) is 0 Å². The summed E-state index contributed by atoms with van der Waals surface area (Å²) < 4.78 is 54.2. The number of rotatable bonds is 7. The van der Waals surface area contributed by atoms with Gasteiger partial charge in [0.2, 0.25) is 15.7 Å². The van der Waals surface area contributed by atoms with Crippen LogP contribution in [0.2, 0.25) is 5.02 Å². The van der Waals surface area contributed by atoms with Gasteiger partial charge in [-0.25, -0.2) is 26.2 Å². The summed E-state index contributed by atoms with van der Waals surface area (Å²) in [6.07, 6.45) is -0.240. The topological polar surface area (TPSA) is 115 Å². The molecule has 0 spiro atoms. The fraction of sp³-hybridized carbons (Fsp3) is 0.0909. The fourth-order valence-electron chi connectivity index (χ4n) is 3.19. The second-order valence-electron chi connectivity index (χ2n) is 7.26. The number of carbonyl (C=O) groups excluding carboxylic acids is 1. The molecule has 0 atom stereocenters. The summed E-state index contributed by atoms with van der Waals surface area (Å²) in [7, 11) is -8.21. The molecule has 2 aromatic heterocycles. The first kappa shape index (κ1) is 24.1. The highest BCUT2D eigenvalue weighted by Gasteiger charge is 2.26. The highest BCUT2D eigenvalue weighted by Crippen LogP contribution is 2.30. The fourth-order valence-corrected chi connectivity index (χ4v) is 7.47. The number of benzene rings is 2. The number of thiophene rings is 1. The third kappa shape index (κ3) is 5.07. The Morgan fingerprint density at radius 3 is 2.29 bits per heavy atom. The van der Waals surface area contributed by atoms with Crippen molar-refractivity contribution in [3.05, 3.63) is 89.2 Å². The van der Waals surface area contributed by atoms with Gasteiger partial charge in [-0.3, -0.25) is 4.79 Å². The average Bonchev–Trinajstić information content (AvgIpc) is 3.42. The van der Waals surface area contributed by atoms with Crippen LogP contribution >= 0.6 is 22.9 Å². The van der Waals surface area contributed by atoms with Gasteiger partial charge in [-0.2, -0.15) is 5.10 Å². The Morgan fingerprint density at radius 2 is 1.62 bits per heavy atom. The number of carbonyl (C=O) groups is 1. The van der Waals surface area contributed by atoms with E-state index in [0.717, 1.165) is 11.8 Å². The molecule has 0 saturated heterocycles. The number of halogens is 1. The number of para-hydroxylation sites is 1. The number of hydrogen-bond donors (Lipinski definition) is 1. The summed E-state index contributed by atoms with van der Waals surface area (Å²) in [5.41, 5.74) is 1.91. The van der Waals surface area contributed by atoms with Crippen LogP contribution in [0.15, 0.2) is 86.1 Å². The lowest BCUT2D eigenvalue weighted by molar-refractivity contribution is -0.118. The number of sulfonamides is 1. The van der Waals surface area contributed by atoms with Crippen molar-refractivity contribution < 1.29 is 21.6 Å². The molecule has 4 rings (SSSR count). The molecular weight excluding hydrogens is 518 g/mol. The van der Waals surface area contributed by atoms with Gasteiger partial charge < -0.3 is 0 Å². The summed E-state index contributed by atoms with van der Waals surface area (Å²) in [4.78, 5) is 12.6. The van der Waals surface area contributed by atoms with Gasteiger partial charge in [0.05, 0.1) is 28.4 Å². The first-order valence-corrected chi connectivity index (χ1v) is 14.0. The molecule has 0 aliphatic carbocycles. The first-order valence-electron chi connectivity index (χ1n) is 9.83. The number of sulfone groups is 1. The molecule has 0 aliphatic heterocycles. The van der Waals surface area contributed by atoms with E-state index in [1.54, 1.807) is 17.7 Å². The van der Waals surface area contributed by atoms with Crippen molar-refractivity contribution in [2.24, 2.45) is 0 Å². The van der Waals surface area contributed by atoms with Crippen LogP contribution in [0.5, 0.6) is 0 Å². The van der Waals surface area contributed by atoms with Gasteiger partial charge >= 0.3 is 0 Å². The van der Waals surface area contributed by atoms with E-state index < -0.39 is 25.8 Å². The third-order valence-electron chi connectivity index (χ3n) is 4.71. The minimum absolute atomic E-state index is 0.0173. The zero-order valence-corrected chi connectivity index (χ0v) is 20.9. The van der Waals surface area contributed by atoms with Crippen molar-refractivity contribution in [3.63, 3.8) is 0 Å². The lowest BCUT2D eigenvalue weighted by Gasteiger charge is -2.08.